The van der Waals surface area contributed by atoms with Gasteiger partial charge in [-0.05, 0) is 42.5 Å². The molecule has 0 radical (unpaired) electrons. The zero-order valence-corrected chi connectivity index (χ0v) is 11.1. The summed E-state index contributed by atoms with van der Waals surface area (Å²) in [7, 11) is 0. The average molecular weight is 279 g/mol. The van der Waals surface area contributed by atoms with Crippen molar-refractivity contribution in [2.45, 2.75) is 0 Å². The highest BCUT2D eigenvalue weighted by Crippen LogP contribution is 2.25. The Hall–Kier alpha value is -3.08. The van der Waals surface area contributed by atoms with Gasteiger partial charge in [0.1, 0.15) is 23.1 Å². The van der Waals surface area contributed by atoms with E-state index >= 15 is 0 Å². The number of nitrogens with zero attached hydrogens (tertiary/aromatic N) is 2. The van der Waals surface area contributed by atoms with Gasteiger partial charge in [0.05, 0.1) is 0 Å². The third-order valence-electron chi connectivity index (χ3n) is 2.69. The van der Waals surface area contributed by atoms with Crippen LogP contribution in [0.5, 0.6) is 23.1 Å². The van der Waals surface area contributed by atoms with Crippen molar-refractivity contribution < 1.29 is 9.47 Å². The molecule has 0 aliphatic rings. The summed E-state index contributed by atoms with van der Waals surface area (Å²) in [5, 5.41) is 7.56. The first kappa shape index (κ1) is 12.9. The summed E-state index contributed by atoms with van der Waals surface area (Å²) in [5.41, 5.74) is 5.47. The van der Waals surface area contributed by atoms with E-state index in [1.807, 2.05) is 42.5 Å². The largest absolute Gasteiger partial charge is 0.457 e. The van der Waals surface area contributed by atoms with Crippen LogP contribution in [0.15, 0.2) is 66.7 Å². The predicted octanol–water partition coefficient (Wildman–Crippen LogP) is 3.64. The predicted molar refractivity (Wildman–Crippen MR) is 79.5 cm³/mol. The van der Waals surface area contributed by atoms with Gasteiger partial charge in [0.25, 0.3) is 0 Å². The summed E-state index contributed by atoms with van der Waals surface area (Å²) < 4.78 is 11.3. The molecule has 0 atom stereocenters. The molecule has 0 aliphatic carbocycles. The van der Waals surface area contributed by atoms with Gasteiger partial charge >= 0.3 is 0 Å². The molecule has 2 N–H and O–H groups in total. The van der Waals surface area contributed by atoms with Crippen LogP contribution in [0, 0.1) is 0 Å². The molecule has 21 heavy (non-hydrogen) atoms. The summed E-state index contributed by atoms with van der Waals surface area (Å²) in [6.45, 7) is 0. The van der Waals surface area contributed by atoms with E-state index in [0.29, 0.717) is 17.4 Å². The van der Waals surface area contributed by atoms with Crippen molar-refractivity contribution in [3.05, 3.63) is 66.7 Å². The van der Waals surface area contributed by atoms with Gasteiger partial charge < -0.3 is 15.2 Å². The van der Waals surface area contributed by atoms with Gasteiger partial charge in [-0.3, -0.25) is 0 Å². The van der Waals surface area contributed by atoms with E-state index in [1.54, 1.807) is 24.3 Å². The third kappa shape index (κ3) is 3.48. The van der Waals surface area contributed by atoms with Crippen molar-refractivity contribution in [3.63, 3.8) is 0 Å². The first-order valence-electron chi connectivity index (χ1n) is 6.40. The normalized spacial score (nSPS) is 10.1. The van der Waals surface area contributed by atoms with Crippen LogP contribution in [-0.2, 0) is 0 Å². The molecular formula is C16H13N3O2. The molecule has 0 amide bonds. The number of hydrogen-bond donors (Lipinski definition) is 1. The van der Waals surface area contributed by atoms with E-state index in [9.17, 15) is 0 Å². The Morgan fingerprint density at radius 3 is 1.86 bits per heavy atom. The number of hydrogen-bond acceptors (Lipinski definition) is 5. The fraction of sp³-hybridized carbons (Fsp3) is 0. The molecule has 0 unspecified atom stereocenters. The van der Waals surface area contributed by atoms with Crippen LogP contribution < -0.4 is 15.2 Å². The molecule has 0 fully saturated rings. The van der Waals surface area contributed by atoms with Gasteiger partial charge in [-0.2, -0.15) is 0 Å². The lowest BCUT2D eigenvalue weighted by atomic mass is 10.3. The van der Waals surface area contributed by atoms with Gasteiger partial charge in [0.2, 0.25) is 5.88 Å². The molecule has 3 aromatic rings. The molecule has 0 aliphatic heterocycles. The summed E-state index contributed by atoms with van der Waals surface area (Å²) in [6.07, 6.45) is 0. The summed E-state index contributed by atoms with van der Waals surface area (Å²) in [4.78, 5) is 0. The number of nitrogens with two attached hydrogens (primary N) is 1. The van der Waals surface area contributed by atoms with Crippen LogP contribution in [0.2, 0.25) is 0 Å². The van der Waals surface area contributed by atoms with Gasteiger partial charge in [-0.15, -0.1) is 10.2 Å². The Kier molecular flexibility index (Phi) is 3.64. The molecule has 5 heteroatoms. The van der Waals surface area contributed by atoms with Crippen LogP contribution >= 0.6 is 0 Å². The standard InChI is InChI=1S/C16H13N3O2/c17-15-10-11-16(19-18-15)21-14-8-6-13(7-9-14)20-12-4-2-1-3-5-12/h1-11H,(H2,17,18). The van der Waals surface area contributed by atoms with Gasteiger partial charge in [0, 0.05) is 6.07 Å². The van der Waals surface area contributed by atoms with Crippen molar-refractivity contribution in [2.24, 2.45) is 0 Å². The number of nitrogen functional groups attached to an aromatic ring is 1. The highest BCUT2D eigenvalue weighted by molar-refractivity contribution is 5.37. The Bertz CT molecular complexity index is 698. The molecule has 0 bridgehead atoms. The Balaban J connectivity index is 1.68. The highest BCUT2D eigenvalue weighted by Gasteiger charge is 2.01. The summed E-state index contributed by atoms with van der Waals surface area (Å²) in [6, 6.07) is 20.1. The maximum atomic E-state index is 5.70. The second-order valence-corrected chi connectivity index (χ2v) is 4.29. The maximum Gasteiger partial charge on any atom is 0.238 e. The second kappa shape index (κ2) is 5.92. The number of para-hydroxylation sites is 1. The Morgan fingerprint density at radius 1 is 0.619 bits per heavy atom. The van der Waals surface area contributed by atoms with Crippen molar-refractivity contribution in [1.29, 1.82) is 0 Å². The highest BCUT2D eigenvalue weighted by atomic mass is 16.5. The van der Waals surface area contributed by atoms with Gasteiger partial charge in [-0.25, -0.2) is 0 Å². The zero-order valence-electron chi connectivity index (χ0n) is 11.1. The van der Waals surface area contributed by atoms with Crippen molar-refractivity contribution in [3.8, 4) is 23.1 Å². The van der Waals surface area contributed by atoms with E-state index in [4.69, 9.17) is 15.2 Å². The zero-order chi connectivity index (χ0) is 14.5. The Labute approximate surface area is 122 Å². The molecule has 0 saturated carbocycles. The quantitative estimate of drug-likeness (QED) is 0.789. The molecule has 3 rings (SSSR count). The number of ether oxygens (including phenoxy) is 2. The minimum Gasteiger partial charge on any atom is -0.457 e. The molecule has 0 saturated heterocycles. The minimum atomic E-state index is 0.356. The van der Waals surface area contributed by atoms with Crippen LogP contribution in [0.3, 0.4) is 0 Å². The molecule has 2 aromatic carbocycles. The lowest BCUT2D eigenvalue weighted by Crippen LogP contribution is -1.94. The second-order valence-electron chi connectivity index (χ2n) is 4.29. The fourth-order valence-electron chi connectivity index (χ4n) is 1.71. The van der Waals surface area contributed by atoms with E-state index < -0.39 is 0 Å². The molecule has 1 heterocycles. The van der Waals surface area contributed by atoms with E-state index in [0.717, 1.165) is 11.5 Å². The number of benzene rings is 2. The SMILES string of the molecule is Nc1ccc(Oc2ccc(Oc3ccccc3)cc2)nn1. The third-order valence-corrected chi connectivity index (χ3v) is 2.69. The molecule has 0 spiro atoms. The monoisotopic (exact) mass is 279 g/mol. The molecule has 5 nitrogen and oxygen atoms in total. The van der Waals surface area contributed by atoms with Gasteiger partial charge in [0.15, 0.2) is 0 Å². The number of rotatable bonds is 4. The van der Waals surface area contributed by atoms with Crippen molar-refractivity contribution in [1.82, 2.24) is 10.2 Å². The van der Waals surface area contributed by atoms with Crippen LogP contribution in [-0.4, -0.2) is 10.2 Å². The van der Waals surface area contributed by atoms with Crippen molar-refractivity contribution in [2.75, 3.05) is 5.73 Å². The summed E-state index contributed by atoms with van der Waals surface area (Å²) in [5.74, 6) is 2.91. The molecular weight excluding hydrogens is 266 g/mol. The van der Waals surface area contributed by atoms with Crippen LogP contribution in [0.25, 0.3) is 0 Å². The fourth-order valence-corrected chi connectivity index (χ4v) is 1.71. The van der Waals surface area contributed by atoms with E-state index in [2.05, 4.69) is 10.2 Å². The molecule has 1 aromatic heterocycles. The smallest absolute Gasteiger partial charge is 0.238 e. The van der Waals surface area contributed by atoms with Gasteiger partial charge in [-0.1, -0.05) is 18.2 Å². The number of anilines is 1. The Morgan fingerprint density at radius 2 is 1.24 bits per heavy atom. The average Bonchev–Trinajstić information content (AvgIpc) is 2.53. The maximum absolute atomic E-state index is 5.70. The van der Waals surface area contributed by atoms with Crippen molar-refractivity contribution >= 4 is 5.82 Å². The first-order valence-corrected chi connectivity index (χ1v) is 6.40. The first-order chi connectivity index (χ1) is 10.3. The van der Waals surface area contributed by atoms with Crippen LogP contribution in [0.4, 0.5) is 5.82 Å². The number of aromatic nitrogens is 2. The molecule has 104 valence electrons. The minimum absolute atomic E-state index is 0.356. The lowest BCUT2D eigenvalue weighted by molar-refractivity contribution is 0.451. The topological polar surface area (TPSA) is 70.3 Å². The lowest BCUT2D eigenvalue weighted by Gasteiger charge is -2.07. The van der Waals surface area contributed by atoms with E-state index in [-0.39, 0.29) is 0 Å². The van der Waals surface area contributed by atoms with E-state index in [1.165, 1.54) is 0 Å². The summed E-state index contributed by atoms with van der Waals surface area (Å²) >= 11 is 0. The van der Waals surface area contributed by atoms with Crippen LogP contribution in [0.1, 0.15) is 0 Å².